The molecule has 0 spiro atoms. The van der Waals surface area contributed by atoms with Gasteiger partial charge in [0.1, 0.15) is 5.82 Å². The highest BCUT2D eigenvalue weighted by molar-refractivity contribution is 7.89. The Bertz CT molecular complexity index is 1500. The van der Waals surface area contributed by atoms with Crippen LogP contribution >= 0.6 is 11.3 Å². The smallest absolute Gasteiger partial charge is 0.256 e. The molecule has 0 atom stereocenters. The second-order valence-electron chi connectivity index (χ2n) is 8.89. The Kier molecular flexibility index (Phi) is 7.58. The summed E-state index contributed by atoms with van der Waals surface area (Å²) in [5.74, 6) is 0.145. The van der Waals surface area contributed by atoms with E-state index in [1.165, 1.54) is 45.5 Å². The van der Waals surface area contributed by atoms with Crippen LogP contribution in [-0.2, 0) is 10.0 Å². The van der Waals surface area contributed by atoms with Gasteiger partial charge >= 0.3 is 0 Å². The molecule has 0 unspecified atom stereocenters. The summed E-state index contributed by atoms with van der Waals surface area (Å²) in [4.78, 5) is 18.0. The third-order valence-corrected chi connectivity index (χ3v) is 8.66. The van der Waals surface area contributed by atoms with Gasteiger partial charge in [0.25, 0.3) is 5.91 Å². The van der Waals surface area contributed by atoms with Gasteiger partial charge in [-0.15, -0.1) is 0 Å². The topological polar surface area (TPSA) is 97.2 Å². The maximum atomic E-state index is 13.0. The second-order valence-corrected chi connectivity index (χ2v) is 11.8. The monoisotopic (exact) mass is 525 g/mol. The normalized spacial score (nSPS) is 11.9. The Morgan fingerprint density at radius 2 is 1.69 bits per heavy atom. The van der Waals surface area contributed by atoms with Crippen LogP contribution in [0.15, 0.2) is 47.4 Å². The van der Waals surface area contributed by atoms with Crippen LogP contribution in [0.4, 0.5) is 5.82 Å². The van der Waals surface area contributed by atoms with Crippen molar-refractivity contribution in [3.8, 4) is 5.13 Å². The van der Waals surface area contributed by atoms with E-state index in [2.05, 4.69) is 29.5 Å². The molecule has 4 aromatic rings. The van der Waals surface area contributed by atoms with Crippen molar-refractivity contribution in [1.29, 1.82) is 0 Å². The van der Waals surface area contributed by atoms with Crippen molar-refractivity contribution in [3.05, 3.63) is 64.8 Å². The Hall–Kier alpha value is -3.08. The molecule has 0 bridgehead atoms. The first-order chi connectivity index (χ1) is 17.1. The standard InChI is InChI=1S/C26H31N5O3S2/c1-6-12-30(13-7-2)36(33,34)21-10-8-20(9-11-21)25(32)27-23-16-19(5)29-31(23)26-28-24-18(4)14-17(3)15-22(24)35-26/h8-11,14-16H,6-7,12-13H2,1-5H3,(H,27,32). The van der Waals surface area contributed by atoms with E-state index >= 15 is 0 Å². The molecule has 0 saturated heterocycles. The van der Waals surface area contributed by atoms with E-state index < -0.39 is 10.0 Å². The van der Waals surface area contributed by atoms with E-state index in [0.29, 0.717) is 29.6 Å². The molecule has 0 fully saturated rings. The van der Waals surface area contributed by atoms with E-state index in [-0.39, 0.29) is 10.8 Å². The highest BCUT2D eigenvalue weighted by Crippen LogP contribution is 2.30. The summed E-state index contributed by atoms with van der Waals surface area (Å²) in [5, 5.41) is 8.11. The molecule has 0 aliphatic rings. The zero-order chi connectivity index (χ0) is 26.0. The summed E-state index contributed by atoms with van der Waals surface area (Å²) in [7, 11) is -3.61. The molecular weight excluding hydrogens is 494 g/mol. The van der Waals surface area contributed by atoms with Gasteiger partial charge in [-0.05, 0) is 75.1 Å². The number of carbonyl (C=O) groups excluding carboxylic acids is 1. The van der Waals surface area contributed by atoms with Crippen molar-refractivity contribution in [1.82, 2.24) is 19.1 Å². The lowest BCUT2D eigenvalue weighted by atomic mass is 10.1. The minimum absolute atomic E-state index is 0.182. The first kappa shape index (κ1) is 26.0. The van der Waals surface area contributed by atoms with Crippen LogP contribution in [0.5, 0.6) is 0 Å². The average molecular weight is 526 g/mol. The average Bonchev–Trinajstić information content (AvgIpc) is 3.42. The van der Waals surface area contributed by atoms with E-state index in [0.717, 1.165) is 34.3 Å². The first-order valence-corrected chi connectivity index (χ1v) is 14.3. The van der Waals surface area contributed by atoms with Gasteiger partial charge < -0.3 is 5.32 Å². The molecule has 1 N–H and O–H groups in total. The molecule has 0 aliphatic carbocycles. The first-order valence-electron chi connectivity index (χ1n) is 12.0. The number of fused-ring (bicyclic) bond motifs is 1. The van der Waals surface area contributed by atoms with Crippen molar-refractivity contribution in [2.24, 2.45) is 0 Å². The number of aromatic nitrogens is 3. The molecule has 0 radical (unpaired) electrons. The molecule has 0 saturated carbocycles. The number of amides is 1. The van der Waals surface area contributed by atoms with Crippen molar-refractivity contribution in [3.63, 3.8) is 0 Å². The number of thiazole rings is 1. The van der Waals surface area contributed by atoms with E-state index in [9.17, 15) is 13.2 Å². The maximum Gasteiger partial charge on any atom is 0.256 e. The summed E-state index contributed by atoms with van der Waals surface area (Å²) < 4.78 is 30.2. The zero-order valence-corrected chi connectivity index (χ0v) is 22.8. The van der Waals surface area contributed by atoms with Crippen LogP contribution < -0.4 is 5.32 Å². The fourth-order valence-electron chi connectivity index (χ4n) is 4.15. The van der Waals surface area contributed by atoms with Crippen molar-refractivity contribution >= 4 is 43.3 Å². The largest absolute Gasteiger partial charge is 0.306 e. The van der Waals surface area contributed by atoms with Crippen LogP contribution in [0.1, 0.15) is 53.9 Å². The Morgan fingerprint density at radius 3 is 2.33 bits per heavy atom. The summed E-state index contributed by atoms with van der Waals surface area (Å²) in [6.45, 7) is 10.8. The zero-order valence-electron chi connectivity index (χ0n) is 21.2. The van der Waals surface area contributed by atoms with Crippen LogP contribution in [0.3, 0.4) is 0 Å². The fraction of sp³-hybridized carbons (Fsp3) is 0.346. The summed E-state index contributed by atoms with van der Waals surface area (Å²) in [5.41, 5.74) is 4.27. The van der Waals surface area contributed by atoms with Gasteiger partial charge in [-0.25, -0.2) is 13.4 Å². The molecule has 0 aliphatic heterocycles. The molecule has 2 aromatic carbocycles. The lowest BCUT2D eigenvalue weighted by molar-refractivity contribution is 0.102. The Morgan fingerprint density at radius 1 is 1.03 bits per heavy atom. The number of benzene rings is 2. The molecule has 8 nitrogen and oxygen atoms in total. The SMILES string of the molecule is CCCN(CCC)S(=O)(=O)c1ccc(C(=O)Nc2cc(C)nn2-c2nc3c(C)cc(C)cc3s2)cc1. The molecule has 36 heavy (non-hydrogen) atoms. The van der Waals surface area contributed by atoms with Crippen LogP contribution in [0.2, 0.25) is 0 Å². The second kappa shape index (κ2) is 10.5. The van der Waals surface area contributed by atoms with Crippen molar-refractivity contribution in [2.45, 2.75) is 52.4 Å². The highest BCUT2D eigenvalue weighted by Gasteiger charge is 2.23. The highest BCUT2D eigenvalue weighted by atomic mass is 32.2. The lowest BCUT2D eigenvalue weighted by Gasteiger charge is -2.21. The molecule has 2 aromatic heterocycles. The van der Waals surface area contributed by atoms with Gasteiger partial charge in [0.15, 0.2) is 0 Å². The number of nitrogens with zero attached hydrogens (tertiary/aromatic N) is 4. The molecule has 190 valence electrons. The molecule has 10 heteroatoms. The van der Waals surface area contributed by atoms with Crippen LogP contribution in [0.25, 0.3) is 15.3 Å². The van der Waals surface area contributed by atoms with Crippen LogP contribution in [-0.4, -0.2) is 46.5 Å². The number of carbonyl (C=O) groups is 1. The van der Waals surface area contributed by atoms with E-state index in [4.69, 9.17) is 4.98 Å². The van der Waals surface area contributed by atoms with Crippen molar-refractivity contribution in [2.75, 3.05) is 18.4 Å². The van der Waals surface area contributed by atoms with Gasteiger partial charge in [0, 0.05) is 24.7 Å². The third kappa shape index (κ3) is 5.21. The van der Waals surface area contributed by atoms with Gasteiger partial charge in [0.05, 0.1) is 20.8 Å². The predicted octanol–water partition coefficient (Wildman–Crippen LogP) is 5.47. The lowest BCUT2D eigenvalue weighted by Crippen LogP contribution is -2.32. The summed E-state index contributed by atoms with van der Waals surface area (Å²) in [6.07, 6.45) is 1.47. The number of nitrogens with one attached hydrogen (secondary N) is 1. The fourth-order valence-corrected chi connectivity index (χ4v) is 6.88. The third-order valence-electron chi connectivity index (χ3n) is 5.77. The van der Waals surface area contributed by atoms with E-state index in [1.54, 1.807) is 10.7 Å². The number of aryl methyl sites for hydroxylation is 3. The van der Waals surface area contributed by atoms with Gasteiger partial charge in [-0.2, -0.15) is 14.1 Å². The number of hydrogen-bond acceptors (Lipinski definition) is 6. The van der Waals surface area contributed by atoms with Crippen molar-refractivity contribution < 1.29 is 13.2 Å². The number of anilines is 1. The number of hydrogen-bond donors (Lipinski definition) is 1. The van der Waals surface area contributed by atoms with Gasteiger partial charge in [-0.3, -0.25) is 4.79 Å². The van der Waals surface area contributed by atoms with Gasteiger partial charge in [0.2, 0.25) is 15.2 Å². The number of sulfonamides is 1. The predicted molar refractivity (Wildman–Crippen MR) is 145 cm³/mol. The number of rotatable bonds is 9. The molecule has 4 rings (SSSR count). The van der Waals surface area contributed by atoms with Crippen LogP contribution in [0, 0.1) is 20.8 Å². The minimum atomic E-state index is -3.61. The molecule has 2 heterocycles. The van der Waals surface area contributed by atoms with Gasteiger partial charge in [-0.1, -0.05) is 31.3 Å². The van der Waals surface area contributed by atoms with E-state index in [1.807, 2.05) is 27.7 Å². The maximum absolute atomic E-state index is 13.0. The Balaban J connectivity index is 1.58. The summed E-state index contributed by atoms with van der Waals surface area (Å²) >= 11 is 1.51. The Labute approximate surface area is 216 Å². The minimum Gasteiger partial charge on any atom is -0.306 e. The molecular formula is C26H31N5O3S2. The summed E-state index contributed by atoms with van der Waals surface area (Å²) in [6, 6.07) is 12.0. The quantitative estimate of drug-likeness (QED) is 0.313. The molecule has 1 amide bonds.